The molecule has 0 bridgehead atoms. The Hall–Kier alpha value is -4.46. The van der Waals surface area contributed by atoms with Crippen LogP contribution in [0.4, 0.5) is 0 Å². The van der Waals surface area contributed by atoms with E-state index in [2.05, 4.69) is 78.3 Å². The van der Waals surface area contributed by atoms with E-state index in [1.807, 2.05) is 12.2 Å². The van der Waals surface area contributed by atoms with Crippen LogP contribution in [0.3, 0.4) is 0 Å². The number of hydrogen-bond acceptors (Lipinski definition) is 5. The first-order chi connectivity index (χ1) is 21.3. The van der Waals surface area contributed by atoms with E-state index in [0.29, 0.717) is 12.8 Å². The largest absolute Gasteiger partial charge is 0.480 e. The maximum atomic E-state index is 12.4. The number of benzene rings is 1. The molecular weight excluding hydrogens is 556 g/mol. The molecule has 8 nitrogen and oxygen atoms in total. The summed E-state index contributed by atoms with van der Waals surface area (Å²) in [6.45, 7) is 3.58. The fourth-order valence-corrected chi connectivity index (χ4v) is 3.88. The summed E-state index contributed by atoms with van der Waals surface area (Å²) in [5, 5.41) is 14.7. The smallest absolute Gasteiger partial charge is 0.326 e. The number of nitrogens with one attached hydrogen (secondary N) is 2. The van der Waals surface area contributed by atoms with E-state index in [-0.39, 0.29) is 36.6 Å². The number of rotatable bonds is 22. The zero-order valence-electron chi connectivity index (χ0n) is 26.1. The fraction of sp³-hybridized carbons (Fsp3) is 0.389. The van der Waals surface area contributed by atoms with E-state index >= 15 is 0 Å². The van der Waals surface area contributed by atoms with Crippen molar-refractivity contribution in [2.24, 2.45) is 0 Å². The molecule has 0 fully saturated rings. The summed E-state index contributed by atoms with van der Waals surface area (Å²) >= 11 is 0. The first-order valence-corrected chi connectivity index (χ1v) is 15.3. The number of carbonyl (C=O) groups excluding carboxylic acids is 3. The Bertz CT molecular complexity index is 1190. The summed E-state index contributed by atoms with van der Waals surface area (Å²) in [5.74, 6) is -2.28. The van der Waals surface area contributed by atoms with Gasteiger partial charge in [-0.05, 0) is 69.9 Å². The molecule has 1 atom stereocenters. The normalized spacial score (nSPS) is 12.7. The van der Waals surface area contributed by atoms with Crippen LogP contribution in [0.15, 0.2) is 97.2 Å². The van der Waals surface area contributed by atoms with Crippen molar-refractivity contribution >= 4 is 23.8 Å². The van der Waals surface area contributed by atoms with Crippen molar-refractivity contribution < 1.29 is 29.0 Å². The highest BCUT2D eigenvalue weighted by Crippen LogP contribution is 2.18. The second kappa shape index (κ2) is 25.1. The van der Waals surface area contributed by atoms with Gasteiger partial charge >= 0.3 is 11.9 Å². The number of esters is 1. The maximum Gasteiger partial charge on any atom is 0.326 e. The lowest BCUT2D eigenvalue weighted by Gasteiger charge is -2.15. The molecule has 0 spiro atoms. The van der Waals surface area contributed by atoms with Gasteiger partial charge in [-0.25, -0.2) is 4.79 Å². The van der Waals surface area contributed by atoms with Gasteiger partial charge in [-0.3, -0.25) is 14.4 Å². The molecule has 3 N–H and O–H groups in total. The third kappa shape index (κ3) is 19.6. The minimum Gasteiger partial charge on any atom is -0.480 e. The lowest BCUT2D eigenvalue weighted by molar-refractivity contribution is -0.142. The minimum absolute atomic E-state index is 0.153. The van der Waals surface area contributed by atoms with Crippen LogP contribution < -0.4 is 15.4 Å². The topological polar surface area (TPSA) is 122 Å². The summed E-state index contributed by atoms with van der Waals surface area (Å²) < 4.78 is 5.05. The molecule has 0 saturated heterocycles. The van der Waals surface area contributed by atoms with Crippen LogP contribution >= 0.6 is 0 Å². The van der Waals surface area contributed by atoms with Crippen molar-refractivity contribution in [3.05, 3.63) is 103 Å². The molecule has 0 heterocycles. The van der Waals surface area contributed by atoms with Gasteiger partial charge in [0.1, 0.15) is 11.8 Å². The van der Waals surface area contributed by atoms with Gasteiger partial charge in [0.25, 0.3) is 5.91 Å². The first kappa shape index (κ1) is 37.6. The highest BCUT2D eigenvalue weighted by Gasteiger charge is 2.19. The molecule has 0 aliphatic rings. The Morgan fingerprint density at radius 1 is 0.795 bits per heavy atom. The lowest BCUT2D eigenvalue weighted by Crippen LogP contribution is -2.41. The minimum atomic E-state index is -1.13. The van der Waals surface area contributed by atoms with Gasteiger partial charge < -0.3 is 20.5 Å². The number of aliphatic carboxylic acids is 1. The highest BCUT2D eigenvalue weighted by molar-refractivity contribution is 5.97. The molecule has 238 valence electrons. The Morgan fingerprint density at radius 2 is 1.32 bits per heavy atom. The molecule has 0 saturated carbocycles. The van der Waals surface area contributed by atoms with Gasteiger partial charge in [-0.1, -0.05) is 92.0 Å². The second-order valence-corrected chi connectivity index (χ2v) is 9.90. The zero-order chi connectivity index (χ0) is 32.3. The molecule has 0 aliphatic heterocycles. The van der Waals surface area contributed by atoms with Crippen molar-refractivity contribution in [2.45, 2.75) is 84.1 Å². The maximum absolute atomic E-state index is 12.4. The molecule has 8 heteroatoms. The predicted octanol–water partition coefficient (Wildman–Crippen LogP) is 7.17. The number of allylic oxidation sites excluding steroid dienone is 12. The number of para-hydroxylation sites is 1. The molecule has 2 amide bonds. The Balaban J connectivity index is 2.21. The van der Waals surface area contributed by atoms with Crippen molar-refractivity contribution in [1.82, 2.24) is 10.6 Å². The van der Waals surface area contributed by atoms with Crippen molar-refractivity contribution in [3.63, 3.8) is 0 Å². The quantitative estimate of drug-likeness (QED) is 0.0558. The first-order valence-electron chi connectivity index (χ1n) is 15.3. The van der Waals surface area contributed by atoms with E-state index in [4.69, 9.17) is 4.74 Å². The second-order valence-electron chi connectivity index (χ2n) is 9.90. The number of carboxylic acids is 1. The summed E-state index contributed by atoms with van der Waals surface area (Å²) in [6, 6.07) is 5.31. The van der Waals surface area contributed by atoms with Crippen LogP contribution in [-0.2, 0) is 14.4 Å². The van der Waals surface area contributed by atoms with Gasteiger partial charge in [0.2, 0.25) is 5.91 Å². The van der Waals surface area contributed by atoms with Gasteiger partial charge in [0, 0.05) is 19.9 Å². The summed E-state index contributed by atoms with van der Waals surface area (Å²) in [7, 11) is 0. The SMILES string of the molecule is CCC=CCC=CCC=CCC=CCC=CCC=CCCC(=O)NC(CCCNC(=O)c1ccccc1OC(C)=O)C(=O)O. The standard InChI is InChI=1S/C36H48N2O6/c1-3-4-5-6-7-8-9-10-11-12-13-14-15-16-17-18-19-20-21-28-34(40)38-32(36(42)43)26-24-29-37-35(41)31-25-22-23-27-33(31)44-30(2)39/h4-5,7-8,10-11,13-14,16-17,19-20,22-23,25,27,32H,3,6,9,12,15,18,21,24,26,28-29H2,1-2H3,(H,37,41)(H,38,40)(H,42,43). The van der Waals surface area contributed by atoms with E-state index < -0.39 is 23.9 Å². The number of hydrogen-bond donors (Lipinski definition) is 3. The van der Waals surface area contributed by atoms with Gasteiger partial charge in [0.05, 0.1) is 5.56 Å². The Morgan fingerprint density at radius 3 is 1.84 bits per heavy atom. The van der Waals surface area contributed by atoms with Crippen LogP contribution in [0.1, 0.15) is 88.4 Å². The number of ether oxygens (including phenoxy) is 1. The summed E-state index contributed by atoms with van der Waals surface area (Å²) in [4.78, 5) is 47.5. The van der Waals surface area contributed by atoms with Gasteiger partial charge in [0.15, 0.2) is 0 Å². The Labute approximate surface area is 262 Å². The molecule has 1 aromatic rings. The van der Waals surface area contributed by atoms with Crippen LogP contribution in [0.5, 0.6) is 5.75 Å². The van der Waals surface area contributed by atoms with E-state index in [0.717, 1.165) is 38.5 Å². The molecular formula is C36H48N2O6. The summed E-state index contributed by atoms with van der Waals surface area (Å²) in [5.41, 5.74) is 0.209. The lowest BCUT2D eigenvalue weighted by atomic mass is 10.1. The average molecular weight is 605 g/mol. The van der Waals surface area contributed by atoms with Crippen LogP contribution in [0, 0.1) is 0 Å². The molecule has 1 aromatic carbocycles. The number of carboxylic acid groups (broad SMARTS) is 1. The molecule has 0 aliphatic carbocycles. The number of carbonyl (C=O) groups is 4. The molecule has 0 aromatic heterocycles. The molecule has 1 unspecified atom stereocenters. The van der Waals surface area contributed by atoms with E-state index in [1.54, 1.807) is 12.1 Å². The van der Waals surface area contributed by atoms with Crippen LogP contribution in [0.25, 0.3) is 0 Å². The average Bonchev–Trinajstić information content (AvgIpc) is 2.99. The molecule has 44 heavy (non-hydrogen) atoms. The number of amides is 2. The molecule has 0 radical (unpaired) electrons. The van der Waals surface area contributed by atoms with E-state index in [1.165, 1.54) is 19.1 Å². The monoisotopic (exact) mass is 604 g/mol. The van der Waals surface area contributed by atoms with Gasteiger partial charge in [-0.15, -0.1) is 0 Å². The van der Waals surface area contributed by atoms with Crippen LogP contribution in [-0.4, -0.2) is 41.4 Å². The highest BCUT2D eigenvalue weighted by atomic mass is 16.5. The van der Waals surface area contributed by atoms with Crippen LogP contribution in [0.2, 0.25) is 0 Å². The zero-order valence-corrected chi connectivity index (χ0v) is 26.1. The van der Waals surface area contributed by atoms with Crippen molar-refractivity contribution in [3.8, 4) is 5.75 Å². The van der Waals surface area contributed by atoms with E-state index in [9.17, 15) is 24.3 Å². The Kier molecular flexibility index (Phi) is 21.4. The van der Waals surface area contributed by atoms with Gasteiger partial charge in [-0.2, -0.15) is 0 Å². The van der Waals surface area contributed by atoms with Crippen molar-refractivity contribution in [2.75, 3.05) is 6.54 Å². The summed E-state index contributed by atoms with van der Waals surface area (Å²) in [6.07, 6.45) is 32.2. The predicted molar refractivity (Wildman–Crippen MR) is 176 cm³/mol. The third-order valence-electron chi connectivity index (χ3n) is 6.11. The fourth-order valence-electron chi connectivity index (χ4n) is 3.88. The third-order valence-corrected chi connectivity index (χ3v) is 6.11. The molecule has 1 rings (SSSR count). The van der Waals surface area contributed by atoms with Crippen molar-refractivity contribution in [1.29, 1.82) is 0 Å².